The second kappa shape index (κ2) is 24.0. The van der Waals surface area contributed by atoms with Crippen LogP contribution in [0.2, 0.25) is 0 Å². The first-order valence-electron chi connectivity index (χ1n) is 18.6. The number of carbonyl (C=O) groups excluding carboxylic acids is 8. The molecule has 1 rings (SSSR count). The maximum absolute atomic E-state index is 13.7. The van der Waals surface area contributed by atoms with Gasteiger partial charge in [0.15, 0.2) is 0 Å². The molecule has 1 aromatic carbocycles. The minimum Gasteiger partial charge on any atom is -0.480 e. The summed E-state index contributed by atoms with van der Waals surface area (Å²) in [5.41, 5.74) is 17.1. The van der Waals surface area contributed by atoms with Crippen molar-refractivity contribution < 1.29 is 48.3 Å². The van der Waals surface area contributed by atoms with Gasteiger partial charge in [0, 0.05) is 12.8 Å². The van der Waals surface area contributed by atoms with E-state index in [1.54, 1.807) is 71.9 Å². The molecular formula is C37H59N9O10. The monoisotopic (exact) mass is 789 g/mol. The van der Waals surface area contributed by atoms with E-state index in [-0.39, 0.29) is 25.2 Å². The van der Waals surface area contributed by atoms with Gasteiger partial charge in [-0.25, -0.2) is 4.79 Å². The van der Waals surface area contributed by atoms with Gasteiger partial charge in [0.1, 0.15) is 30.2 Å². The Morgan fingerprint density at radius 2 is 1.16 bits per heavy atom. The predicted octanol–water partition coefficient (Wildman–Crippen LogP) is -1.93. The van der Waals surface area contributed by atoms with Crippen molar-refractivity contribution in [2.75, 3.05) is 6.54 Å². The van der Waals surface area contributed by atoms with Crippen LogP contribution in [0.15, 0.2) is 30.3 Å². The first kappa shape index (κ1) is 48.4. The fourth-order valence-corrected chi connectivity index (χ4v) is 5.28. The number of primary amides is 2. The highest BCUT2D eigenvalue weighted by Crippen LogP contribution is 2.13. The standard InChI is InChI=1S/C37H59N9O10/c1-7-20(5)30(45-28(49)18-41-32(50)23(14-15-26(38)47)42-34(52)29(40)19(3)4)36(54)46-31(21(6)8-2)35(53)43-24(17-27(39)48)33(51)44-25(37(55)56)16-22-12-10-9-11-13-22/h9-13,19-21,23-25,29-31H,7-8,14-18,40H2,1-6H3,(H2,38,47)(H2,39,48)(H,41,50)(H,42,52)(H,43,53)(H,44,51)(H,45,49)(H,46,54)(H,55,56)/t20-,21-,23-,24-,25-,29-,30-,31-/m0/s1. The average Bonchev–Trinajstić information content (AvgIpc) is 3.14. The second-order valence-corrected chi connectivity index (χ2v) is 14.2. The van der Waals surface area contributed by atoms with Crippen molar-refractivity contribution in [3.8, 4) is 0 Å². The number of benzene rings is 1. The molecule has 0 saturated heterocycles. The van der Waals surface area contributed by atoms with Gasteiger partial charge in [0.25, 0.3) is 0 Å². The van der Waals surface area contributed by atoms with Crippen molar-refractivity contribution in [1.29, 1.82) is 0 Å². The molecular weight excluding hydrogens is 730 g/mol. The molecule has 0 heterocycles. The lowest BCUT2D eigenvalue weighted by atomic mass is 9.94. The van der Waals surface area contributed by atoms with E-state index in [4.69, 9.17) is 17.2 Å². The molecule has 8 amide bonds. The van der Waals surface area contributed by atoms with E-state index in [0.29, 0.717) is 18.4 Å². The average molecular weight is 790 g/mol. The van der Waals surface area contributed by atoms with Crippen LogP contribution in [0.1, 0.15) is 79.2 Å². The van der Waals surface area contributed by atoms with Crippen LogP contribution in [0, 0.1) is 17.8 Å². The van der Waals surface area contributed by atoms with Crippen LogP contribution in [-0.4, -0.2) is 101 Å². The predicted molar refractivity (Wildman–Crippen MR) is 204 cm³/mol. The van der Waals surface area contributed by atoms with Gasteiger partial charge in [0.2, 0.25) is 47.3 Å². The van der Waals surface area contributed by atoms with Crippen molar-refractivity contribution in [3.63, 3.8) is 0 Å². The van der Waals surface area contributed by atoms with E-state index in [1.807, 2.05) is 0 Å². The molecule has 13 N–H and O–H groups in total. The quantitative estimate of drug-likeness (QED) is 0.0520. The number of rotatable bonds is 25. The van der Waals surface area contributed by atoms with Crippen molar-refractivity contribution in [3.05, 3.63) is 35.9 Å². The topological polar surface area (TPSA) is 324 Å². The molecule has 19 heteroatoms. The summed E-state index contributed by atoms with van der Waals surface area (Å²) >= 11 is 0. The maximum Gasteiger partial charge on any atom is 0.326 e. The molecule has 1 aromatic rings. The number of nitrogens with two attached hydrogens (primary N) is 3. The lowest BCUT2D eigenvalue weighted by molar-refractivity contribution is -0.142. The minimum atomic E-state index is -1.59. The summed E-state index contributed by atoms with van der Waals surface area (Å²) in [5, 5.41) is 24.6. The number of carboxylic acids is 1. The van der Waals surface area contributed by atoms with Crippen LogP contribution in [0.25, 0.3) is 0 Å². The highest BCUT2D eigenvalue weighted by molar-refractivity contribution is 5.97. The fraction of sp³-hybridized carbons (Fsp3) is 0.595. The Hall–Kier alpha value is -5.59. The lowest BCUT2D eigenvalue weighted by Gasteiger charge is -2.30. The molecule has 0 fully saturated rings. The molecule has 8 atom stereocenters. The Morgan fingerprint density at radius 3 is 1.66 bits per heavy atom. The molecule has 0 aliphatic carbocycles. The van der Waals surface area contributed by atoms with Gasteiger partial charge in [-0.1, -0.05) is 84.7 Å². The van der Waals surface area contributed by atoms with Crippen molar-refractivity contribution >= 4 is 53.2 Å². The van der Waals surface area contributed by atoms with Crippen LogP contribution in [-0.2, 0) is 49.6 Å². The molecule has 56 heavy (non-hydrogen) atoms. The highest BCUT2D eigenvalue weighted by atomic mass is 16.4. The summed E-state index contributed by atoms with van der Waals surface area (Å²) in [6.45, 7) is 9.64. The molecule has 0 radical (unpaired) electrons. The Balaban J connectivity index is 3.15. The summed E-state index contributed by atoms with van der Waals surface area (Å²) in [4.78, 5) is 115. The van der Waals surface area contributed by atoms with Crippen molar-refractivity contribution in [2.45, 2.75) is 116 Å². The summed E-state index contributed by atoms with van der Waals surface area (Å²) < 4.78 is 0. The minimum absolute atomic E-state index is 0.0868. The largest absolute Gasteiger partial charge is 0.480 e. The van der Waals surface area contributed by atoms with E-state index in [2.05, 4.69) is 31.9 Å². The Bertz CT molecular complexity index is 1540. The summed E-state index contributed by atoms with van der Waals surface area (Å²) in [6.07, 6.45) is -0.399. The van der Waals surface area contributed by atoms with E-state index < -0.39 is 114 Å². The van der Waals surface area contributed by atoms with Gasteiger partial charge in [-0.05, 0) is 29.7 Å². The maximum atomic E-state index is 13.7. The van der Waals surface area contributed by atoms with Crippen LogP contribution in [0.5, 0.6) is 0 Å². The Kier molecular flexibility index (Phi) is 20.8. The van der Waals surface area contributed by atoms with Crippen LogP contribution < -0.4 is 49.1 Å². The highest BCUT2D eigenvalue weighted by Gasteiger charge is 2.35. The summed E-state index contributed by atoms with van der Waals surface area (Å²) in [7, 11) is 0. The van der Waals surface area contributed by atoms with Crippen molar-refractivity contribution in [2.24, 2.45) is 35.0 Å². The summed E-state index contributed by atoms with van der Waals surface area (Å²) in [6, 6.07) is 0.804. The fourth-order valence-electron chi connectivity index (χ4n) is 5.28. The van der Waals surface area contributed by atoms with Gasteiger partial charge < -0.3 is 54.2 Å². The third kappa shape index (κ3) is 16.8. The normalized spacial score (nSPS) is 15.3. The second-order valence-electron chi connectivity index (χ2n) is 14.2. The summed E-state index contributed by atoms with van der Waals surface area (Å²) in [5.74, 6) is -9.15. The van der Waals surface area contributed by atoms with E-state index in [1.165, 1.54) is 0 Å². The van der Waals surface area contributed by atoms with Gasteiger partial charge in [-0.15, -0.1) is 0 Å². The van der Waals surface area contributed by atoms with E-state index in [0.717, 1.165) is 0 Å². The first-order chi connectivity index (χ1) is 26.2. The molecule has 0 aliphatic heterocycles. The smallest absolute Gasteiger partial charge is 0.326 e. The number of hydrogen-bond donors (Lipinski definition) is 10. The zero-order valence-corrected chi connectivity index (χ0v) is 32.9. The third-order valence-corrected chi connectivity index (χ3v) is 9.30. The molecule has 0 aliphatic rings. The Morgan fingerprint density at radius 1 is 0.643 bits per heavy atom. The van der Waals surface area contributed by atoms with Gasteiger partial charge in [0.05, 0.1) is 19.0 Å². The van der Waals surface area contributed by atoms with Crippen LogP contribution >= 0.6 is 0 Å². The molecule has 0 bridgehead atoms. The molecule has 0 saturated carbocycles. The molecule has 312 valence electrons. The van der Waals surface area contributed by atoms with E-state index >= 15 is 0 Å². The number of hydrogen-bond acceptors (Lipinski definition) is 10. The van der Waals surface area contributed by atoms with Gasteiger partial charge in [-0.2, -0.15) is 0 Å². The van der Waals surface area contributed by atoms with Gasteiger partial charge in [-0.3, -0.25) is 38.4 Å². The SMILES string of the molecule is CC[C@H](C)[C@H](NC(=O)CNC(=O)[C@H](CCC(N)=O)NC(=O)[C@@H](N)C(C)C)C(=O)N[C@H](C(=O)N[C@@H](CC(N)=O)C(=O)N[C@@H](Cc1ccccc1)C(=O)O)[C@@H](C)CC. The number of aliphatic carboxylic acids is 1. The third-order valence-electron chi connectivity index (χ3n) is 9.30. The van der Waals surface area contributed by atoms with Crippen LogP contribution in [0.4, 0.5) is 0 Å². The zero-order valence-electron chi connectivity index (χ0n) is 32.9. The molecule has 0 unspecified atom stereocenters. The van der Waals surface area contributed by atoms with Gasteiger partial charge >= 0.3 is 5.97 Å². The van der Waals surface area contributed by atoms with Crippen LogP contribution in [0.3, 0.4) is 0 Å². The Labute approximate surface area is 326 Å². The first-order valence-corrected chi connectivity index (χ1v) is 18.6. The number of nitrogens with one attached hydrogen (secondary N) is 6. The molecule has 0 spiro atoms. The van der Waals surface area contributed by atoms with E-state index in [9.17, 15) is 48.3 Å². The number of amides is 8. The van der Waals surface area contributed by atoms with Crippen molar-refractivity contribution in [1.82, 2.24) is 31.9 Å². The molecule has 0 aromatic heterocycles. The number of carbonyl (C=O) groups is 9. The zero-order chi connectivity index (χ0) is 42.7. The lowest BCUT2D eigenvalue weighted by Crippen LogP contribution is -2.61. The molecule has 19 nitrogen and oxygen atoms in total. The number of carboxylic acid groups (broad SMARTS) is 1.